The molecule has 2 nitrogen and oxygen atoms in total. The van der Waals surface area contributed by atoms with Crippen LogP contribution in [0.5, 0.6) is 0 Å². The van der Waals surface area contributed by atoms with E-state index < -0.39 is 0 Å². The molecule has 5 heteroatoms. The molecule has 3 saturated heterocycles. The first-order chi connectivity index (χ1) is 12.9. The topological polar surface area (TPSA) is 24.1 Å². The molecule has 3 rings (SSSR count). The molecule has 0 aromatic carbocycles. The fraction of sp³-hybridized carbons (Fsp3) is 1.00. The summed E-state index contributed by atoms with van der Waals surface area (Å²) in [6.45, 7) is 2.38. The standard InChI is InChI=1S/C21H40B3N2/c1-7-19-9-3-13-23-15-5-17-25-21(19)20(8-2-12-22-11-1)10-4-14-24-16-6-18-26-21/h19-20,25-26H,1-18H2. The number of hydrogen-bond acceptors (Lipinski definition) is 2. The van der Waals surface area contributed by atoms with Gasteiger partial charge in [-0.3, -0.25) is 10.6 Å². The van der Waals surface area contributed by atoms with E-state index in [9.17, 15) is 0 Å². The lowest BCUT2D eigenvalue weighted by molar-refractivity contribution is 0.0552. The van der Waals surface area contributed by atoms with Crippen molar-refractivity contribution in [3.8, 4) is 0 Å². The summed E-state index contributed by atoms with van der Waals surface area (Å²) < 4.78 is 0. The molecule has 0 saturated carbocycles. The Morgan fingerprint density at radius 2 is 0.846 bits per heavy atom. The highest BCUT2D eigenvalue weighted by molar-refractivity contribution is 6.35. The maximum atomic E-state index is 4.19. The lowest BCUT2D eigenvalue weighted by Gasteiger charge is -2.50. The second-order valence-electron chi connectivity index (χ2n) is 8.99. The average molecular weight is 353 g/mol. The zero-order valence-electron chi connectivity index (χ0n) is 17.1. The summed E-state index contributed by atoms with van der Waals surface area (Å²) in [5.41, 5.74) is 0.200. The molecule has 0 amide bonds. The molecule has 3 heterocycles. The van der Waals surface area contributed by atoms with E-state index in [1.165, 1.54) is 115 Å². The van der Waals surface area contributed by atoms with Crippen molar-refractivity contribution in [2.45, 2.75) is 108 Å². The van der Waals surface area contributed by atoms with E-state index in [1.54, 1.807) is 0 Å². The van der Waals surface area contributed by atoms with Gasteiger partial charge in [-0.2, -0.15) is 0 Å². The summed E-state index contributed by atoms with van der Waals surface area (Å²) in [6.07, 6.45) is 21.7. The Balaban J connectivity index is 1.86. The van der Waals surface area contributed by atoms with Gasteiger partial charge in [0.1, 0.15) is 21.8 Å². The van der Waals surface area contributed by atoms with E-state index in [2.05, 4.69) is 32.5 Å². The molecule has 3 aliphatic heterocycles. The van der Waals surface area contributed by atoms with Crippen LogP contribution in [0, 0.1) is 11.8 Å². The summed E-state index contributed by atoms with van der Waals surface area (Å²) in [7, 11) is 7.67. The van der Waals surface area contributed by atoms with Crippen LogP contribution in [0.25, 0.3) is 0 Å². The second kappa shape index (κ2) is 11.8. The quantitative estimate of drug-likeness (QED) is 0.619. The maximum absolute atomic E-state index is 4.19. The largest absolute Gasteiger partial charge is 0.299 e. The number of rotatable bonds is 0. The third kappa shape index (κ3) is 6.06. The molecule has 1 spiro atoms. The van der Waals surface area contributed by atoms with Gasteiger partial charge in [-0.05, 0) is 63.5 Å². The Kier molecular flexibility index (Phi) is 9.49. The van der Waals surface area contributed by atoms with Crippen molar-refractivity contribution >= 4 is 21.8 Å². The minimum atomic E-state index is 0.200. The monoisotopic (exact) mass is 353 g/mol. The molecule has 3 aliphatic rings. The van der Waals surface area contributed by atoms with Crippen LogP contribution >= 0.6 is 0 Å². The van der Waals surface area contributed by atoms with E-state index in [-0.39, 0.29) is 5.66 Å². The molecule has 0 aromatic heterocycles. The van der Waals surface area contributed by atoms with Crippen molar-refractivity contribution in [1.82, 2.24) is 10.6 Å². The lowest BCUT2D eigenvalue weighted by Crippen LogP contribution is -2.66. The van der Waals surface area contributed by atoms with Crippen molar-refractivity contribution in [1.29, 1.82) is 0 Å². The van der Waals surface area contributed by atoms with Gasteiger partial charge in [0, 0.05) is 0 Å². The molecular weight excluding hydrogens is 313 g/mol. The molecule has 3 fully saturated rings. The SMILES string of the molecule is [B]1CCCNC23NCCC[B]CCCC2CCC[B]CCCC3CCC1. The Labute approximate surface area is 165 Å². The summed E-state index contributed by atoms with van der Waals surface area (Å²) >= 11 is 0. The maximum Gasteiger partial charge on any atom is 0.109 e. The van der Waals surface area contributed by atoms with Crippen LogP contribution in [-0.4, -0.2) is 40.6 Å². The van der Waals surface area contributed by atoms with Crippen LogP contribution in [0.2, 0.25) is 37.9 Å². The Morgan fingerprint density at radius 1 is 0.500 bits per heavy atom. The van der Waals surface area contributed by atoms with E-state index in [0.29, 0.717) is 0 Å². The molecule has 2 atom stereocenters. The van der Waals surface area contributed by atoms with Gasteiger partial charge in [-0.25, -0.2) is 0 Å². The molecule has 2 N–H and O–H groups in total. The van der Waals surface area contributed by atoms with E-state index in [1.807, 2.05) is 0 Å². The molecule has 26 heavy (non-hydrogen) atoms. The van der Waals surface area contributed by atoms with Crippen molar-refractivity contribution in [2.24, 2.45) is 11.8 Å². The zero-order valence-corrected chi connectivity index (χ0v) is 17.1. The predicted octanol–water partition coefficient (Wildman–Crippen LogP) is 4.66. The van der Waals surface area contributed by atoms with Crippen molar-refractivity contribution in [3.63, 3.8) is 0 Å². The van der Waals surface area contributed by atoms with Crippen molar-refractivity contribution in [3.05, 3.63) is 0 Å². The number of nitrogens with one attached hydrogen (secondary N) is 2. The van der Waals surface area contributed by atoms with E-state index >= 15 is 0 Å². The molecule has 0 aliphatic carbocycles. The molecule has 2 unspecified atom stereocenters. The smallest absolute Gasteiger partial charge is 0.109 e. The Bertz CT molecular complexity index is 334. The Morgan fingerprint density at radius 3 is 1.23 bits per heavy atom. The highest BCUT2D eigenvalue weighted by Crippen LogP contribution is 2.39. The van der Waals surface area contributed by atoms with Gasteiger partial charge in [-0.1, -0.05) is 63.6 Å². The minimum absolute atomic E-state index is 0.200. The normalized spacial score (nSPS) is 36.0. The minimum Gasteiger partial charge on any atom is -0.299 e. The van der Waals surface area contributed by atoms with Gasteiger partial charge < -0.3 is 0 Å². The third-order valence-electron chi connectivity index (χ3n) is 7.14. The zero-order chi connectivity index (χ0) is 17.9. The second-order valence-corrected chi connectivity index (χ2v) is 8.99. The van der Waals surface area contributed by atoms with Crippen molar-refractivity contribution in [2.75, 3.05) is 13.1 Å². The highest BCUT2D eigenvalue weighted by Gasteiger charge is 2.43. The van der Waals surface area contributed by atoms with Gasteiger partial charge >= 0.3 is 0 Å². The molecule has 0 aromatic rings. The average Bonchev–Trinajstić information content (AvgIpc) is 2.67. The molecule has 143 valence electrons. The summed E-state index contributed by atoms with van der Waals surface area (Å²) in [6, 6.07) is 0. The Hall–Kier alpha value is 0.115. The van der Waals surface area contributed by atoms with Crippen LogP contribution in [0.3, 0.4) is 0 Å². The predicted molar refractivity (Wildman–Crippen MR) is 118 cm³/mol. The molecule has 0 bridgehead atoms. The fourth-order valence-corrected chi connectivity index (χ4v) is 5.72. The van der Waals surface area contributed by atoms with E-state index in [4.69, 9.17) is 0 Å². The lowest BCUT2D eigenvalue weighted by atomic mass is 9.61. The third-order valence-corrected chi connectivity index (χ3v) is 7.14. The van der Waals surface area contributed by atoms with Crippen LogP contribution in [0.1, 0.15) is 64.2 Å². The van der Waals surface area contributed by atoms with E-state index in [0.717, 1.165) is 11.8 Å². The fourth-order valence-electron chi connectivity index (χ4n) is 5.72. The molecular formula is C21H40B3N2. The first-order valence-electron chi connectivity index (χ1n) is 11.9. The van der Waals surface area contributed by atoms with Crippen LogP contribution < -0.4 is 10.6 Å². The first-order valence-corrected chi connectivity index (χ1v) is 11.9. The van der Waals surface area contributed by atoms with Crippen LogP contribution in [0.15, 0.2) is 0 Å². The molecule has 3 radical (unpaired) electrons. The van der Waals surface area contributed by atoms with Gasteiger partial charge in [0.15, 0.2) is 0 Å². The highest BCUT2D eigenvalue weighted by atomic mass is 15.2. The van der Waals surface area contributed by atoms with Gasteiger partial charge in [0.25, 0.3) is 0 Å². The van der Waals surface area contributed by atoms with Crippen LogP contribution in [-0.2, 0) is 0 Å². The summed E-state index contributed by atoms with van der Waals surface area (Å²) in [4.78, 5) is 0. The van der Waals surface area contributed by atoms with Gasteiger partial charge in [0.05, 0.1) is 5.66 Å². The van der Waals surface area contributed by atoms with Gasteiger partial charge in [0.2, 0.25) is 0 Å². The summed E-state index contributed by atoms with van der Waals surface area (Å²) in [5.74, 6) is 1.60. The van der Waals surface area contributed by atoms with Gasteiger partial charge in [-0.15, -0.1) is 0 Å². The summed E-state index contributed by atoms with van der Waals surface area (Å²) in [5, 5.41) is 8.37. The first kappa shape index (κ1) is 20.8. The van der Waals surface area contributed by atoms with Crippen molar-refractivity contribution < 1.29 is 0 Å². The van der Waals surface area contributed by atoms with Crippen LogP contribution in [0.4, 0.5) is 0 Å². The number of hydrogen-bond donors (Lipinski definition) is 2.